The van der Waals surface area contributed by atoms with E-state index in [4.69, 9.17) is 4.84 Å². The molecule has 0 spiro atoms. The van der Waals surface area contributed by atoms with Crippen LogP contribution in [0.5, 0.6) is 0 Å². The second-order valence-electron chi connectivity index (χ2n) is 2.56. The second-order valence-corrected chi connectivity index (χ2v) is 2.56. The molecule has 10 heavy (non-hydrogen) atoms. The summed E-state index contributed by atoms with van der Waals surface area (Å²) in [5.74, 6) is 0. The molecule has 3 nitrogen and oxygen atoms in total. The van der Waals surface area contributed by atoms with Gasteiger partial charge < -0.3 is 9.74 Å². The largest absolute Gasteiger partial charge is 0.396 e. The number of nitrogens with zero attached hydrogens (tertiary/aromatic N) is 2. The molecule has 0 aromatic rings. The van der Waals surface area contributed by atoms with Crippen LogP contribution in [0.4, 0.5) is 0 Å². The quantitative estimate of drug-likeness (QED) is 0.530. The fraction of sp³-hybridized carbons (Fsp3) is 0.857. The molecular weight excluding hydrogens is 128 g/mol. The Morgan fingerprint density at radius 2 is 2.50 bits per heavy atom. The lowest BCUT2D eigenvalue weighted by Crippen LogP contribution is -2.13. The van der Waals surface area contributed by atoms with Gasteiger partial charge in [-0.1, -0.05) is 5.16 Å². The minimum absolute atomic E-state index is 0.674. The van der Waals surface area contributed by atoms with E-state index in [-0.39, 0.29) is 0 Å². The first-order valence-electron chi connectivity index (χ1n) is 3.69. The van der Waals surface area contributed by atoms with E-state index in [2.05, 4.69) is 17.1 Å². The zero-order valence-electron chi connectivity index (χ0n) is 6.63. The molecule has 0 atom stereocenters. The number of oxime groups is 1. The number of likely N-dealkylation sites (tertiary alicyclic amines) is 1. The third kappa shape index (κ3) is 1.99. The van der Waals surface area contributed by atoms with E-state index in [1.807, 2.05) is 6.92 Å². The van der Waals surface area contributed by atoms with Crippen molar-refractivity contribution in [1.29, 1.82) is 0 Å². The lowest BCUT2D eigenvalue weighted by Gasteiger charge is -2.01. The van der Waals surface area contributed by atoms with Crippen molar-refractivity contribution in [2.24, 2.45) is 5.16 Å². The number of rotatable bonds is 2. The van der Waals surface area contributed by atoms with E-state index >= 15 is 0 Å². The van der Waals surface area contributed by atoms with Gasteiger partial charge in [-0.15, -0.1) is 0 Å². The molecule has 0 aromatic heterocycles. The second kappa shape index (κ2) is 3.56. The Labute approximate surface area is 61.6 Å². The normalized spacial score (nSPS) is 24.0. The molecule has 3 heteroatoms. The number of hydrogen-bond acceptors (Lipinski definition) is 3. The smallest absolute Gasteiger partial charge is 0.114 e. The van der Waals surface area contributed by atoms with Crippen molar-refractivity contribution in [3.8, 4) is 0 Å². The van der Waals surface area contributed by atoms with Crippen LogP contribution in [-0.4, -0.2) is 37.4 Å². The summed E-state index contributed by atoms with van der Waals surface area (Å²) in [5.41, 5.74) is 1.17. The van der Waals surface area contributed by atoms with E-state index in [0.717, 1.165) is 19.5 Å². The predicted molar refractivity (Wildman–Crippen MR) is 41.2 cm³/mol. The van der Waals surface area contributed by atoms with Crippen LogP contribution in [0.15, 0.2) is 5.16 Å². The van der Waals surface area contributed by atoms with Crippen LogP contribution >= 0.6 is 0 Å². The molecule has 1 rings (SSSR count). The first-order valence-corrected chi connectivity index (χ1v) is 3.69. The van der Waals surface area contributed by atoms with Gasteiger partial charge in [0, 0.05) is 19.5 Å². The van der Waals surface area contributed by atoms with Crippen molar-refractivity contribution >= 4 is 5.71 Å². The minimum atomic E-state index is 0.674. The van der Waals surface area contributed by atoms with Gasteiger partial charge in [-0.05, 0) is 14.0 Å². The van der Waals surface area contributed by atoms with Crippen LogP contribution in [-0.2, 0) is 4.84 Å². The molecule has 0 radical (unpaired) electrons. The zero-order valence-corrected chi connectivity index (χ0v) is 6.63. The third-order valence-corrected chi connectivity index (χ3v) is 1.56. The van der Waals surface area contributed by atoms with E-state index in [9.17, 15) is 0 Å². The highest BCUT2D eigenvalue weighted by molar-refractivity contribution is 5.87. The molecule has 1 saturated heterocycles. The van der Waals surface area contributed by atoms with E-state index in [1.54, 1.807) is 0 Å². The molecule has 0 aromatic carbocycles. The monoisotopic (exact) mass is 142 g/mol. The van der Waals surface area contributed by atoms with Crippen molar-refractivity contribution in [2.75, 3.05) is 26.7 Å². The van der Waals surface area contributed by atoms with Crippen molar-refractivity contribution in [3.05, 3.63) is 0 Å². The van der Waals surface area contributed by atoms with Gasteiger partial charge in [0.05, 0.1) is 5.71 Å². The van der Waals surface area contributed by atoms with Crippen LogP contribution in [0.1, 0.15) is 13.3 Å². The average molecular weight is 142 g/mol. The highest BCUT2D eigenvalue weighted by Gasteiger charge is 2.13. The molecule has 0 N–H and O–H groups in total. The van der Waals surface area contributed by atoms with Gasteiger partial charge in [-0.2, -0.15) is 0 Å². The molecule has 0 unspecified atom stereocenters. The maximum atomic E-state index is 4.93. The minimum Gasteiger partial charge on any atom is -0.396 e. The molecule has 1 aliphatic heterocycles. The Hall–Kier alpha value is -0.570. The molecule has 0 aliphatic carbocycles. The summed E-state index contributed by atoms with van der Waals surface area (Å²) < 4.78 is 0. The van der Waals surface area contributed by atoms with Crippen molar-refractivity contribution in [2.45, 2.75) is 13.3 Å². The molecule has 1 heterocycles. The van der Waals surface area contributed by atoms with Gasteiger partial charge in [0.1, 0.15) is 6.61 Å². The Balaban J connectivity index is 2.29. The van der Waals surface area contributed by atoms with Gasteiger partial charge in [0.15, 0.2) is 0 Å². The van der Waals surface area contributed by atoms with Crippen LogP contribution in [0, 0.1) is 0 Å². The Morgan fingerprint density at radius 3 is 3.00 bits per heavy atom. The summed E-state index contributed by atoms with van der Waals surface area (Å²) in [6.45, 7) is 4.71. The molecular formula is C7H14N2O. The SMILES string of the molecule is CCO/N=C1\CCN(C)C1. The lowest BCUT2D eigenvalue weighted by molar-refractivity contribution is 0.158. The molecule has 58 valence electrons. The summed E-state index contributed by atoms with van der Waals surface area (Å²) in [5, 5.41) is 3.97. The Bertz CT molecular complexity index is 134. The van der Waals surface area contributed by atoms with Crippen LogP contribution in [0.25, 0.3) is 0 Å². The fourth-order valence-corrected chi connectivity index (χ4v) is 1.02. The van der Waals surface area contributed by atoms with Crippen LogP contribution < -0.4 is 0 Å². The van der Waals surface area contributed by atoms with Gasteiger partial charge in [0.2, 0.25) is 0 Å². The highest BCUT2D eigenvalue weighted by atomic mass is 16.6. The first kappa shape index (κ1) is 7.54. The highest BCUT2D eigenvalue weighted by Crippen LogP contribution is 2.02. The zero-order chi connectivity index (χ0) is 7.40. The summed E-state index contributed by atoms with van der Waals surface area (Å²) >= 11 is 0. The maximum Gasteiger partial charge on any atom is 0.114 e. The summed E-state index contributed by atoms with van der Waals surface area (Å²) in [6, 6.07) is 0. The van der Waals surface area contributed by atoms with Gasteiger partial charge >= 0.3 is 0 Å². The van der Waals surface area contributed by atoms with Crippen LogP contribution in [0.3, 0.4) is 0 Å². The Kier molecular flexibility index (Phi) is 2.68. The van der Waals surface area contributed by atoms with Gasteiger partial charge in [-0.3, -0.25) is 0 Å². The van der Waals surface area contributed by atoms with Crippen LogP contribution in [0.2, 0.25) is 0 Å². The van der Waals surface area contributed by atoms with Crippen molar-refractivity contribution in [1.82, 2.24) is 4.90 Å². The van der Waals surface area contributed by atoms with Crippen molar-refractivity contribution in [3.63, 3.8) is 0 Å². The first-order chi connectivity index (χ1) is 4.83. The van der Waals surface area contributed by atoms with Gasteiger partial charge in [-0.25, -0.2) is 0 Å². The third-order valence-electron chi connectivity index (χ3n) is 1.56. The molecule has 1 fully saturated rings. The summed E-state index contributed by atoms with van der Waals surface area (Å²) in [7, 11) is 2.09. The predicted octanol–water partition coefficient (Wildman–Crippen LogP) is 0.714. The van der Waals surface area contributed by atoms with Crippen molar-refractivity contribution < 1.29 is 4.84 Å². The molecule has 0 bridgehead atoms. The average Bonchev–Trinajstić information content (AvgIpc) is 2.31. The Morgan fingerprint density at radius 1 is 1.70 bits per heavy atom. The molecule has 0 saturated carbocycles. The summed E-state index contributed by atoms with van der Waals surface area (Å²) in [4.78, 5) is 7.16. The topological polar surface area (TPSA) is 24.8 Å². The lowest BCUT2D eigenvalue weighted by atomic mass is 10.3. The van der Waals surface area contributed by atoms with E-state index in [0.29, 0.717) is 6.61 Å². The number of hydrogen-bond donors (Lipinski definition) is 0. The fourth-order valence-electron chi connectivity index (χ4n) is 1.02. The molecule has 0 amide bonds. The van der Waals surface area contributed by atoms with E-state index < -0.39 is 0 Å². The van der Waals surface area contributed by atoms with E-state index in [1.165, 1.54) is 5.71 Å². The summed E-state index contributed by atoms with van der Waals surface area (Å²) in [6.07, 6.45) is 1.07. The standard InChI is InChI=1S/C7H14N2O/c1-3-10-8-7-4-5-9(2)6-7/h3-6H2,1-2H3/b8-7+. The maximum absolute atomic E-state index is 4.93. The molecule has 1 aliphatic rings. The van der Waals surface area contributed by atoms with Gasteiger partial charge in [0.25, 0.3) is 0 Å².